The lowest BCUT2D eigenvalue weighted by Crippen LogP contribution is -2.51. The molecule has 210 valence electrons. The van der Waals surface area contributed by atoms with Crippen LogP contribution in [0.5, 0.6) is 11.5 Å². The molecule has 3 aromatic rings. The van der Waals surface area contributed by atoms with E-state index in [1.165, 1.54) is 14.2 Å². The highest BCUT2D eigenvalue weighted by Gasteiger charge is 2.71. The van der Waals surface area contributed by atoms with Crippen molar-refractivity contribution >= 4 is 34.9 Å². The normalized spacial score (nSPS) is 24.0. The van der Waals surface area contributed by atoms with Crippen LogP contribution in [0.25, 0.3) is 6.08 Å². The van der Waals surface area contributed by atoms with Crippen LogP contribution in [0.4, 0.5) is 11.4 Å². The Hall–Kier alpha value is -4.39. The molecular formula is C34H34N2O5. The molecule has 3 heterocycles. The summed E-state index contributed by atoms with van der Waals surface area (Å²) in [5.41, 5.74) is 2.33. The first-order valence-electron chi connectivity index (χ1n) is 13.8. The summed E-state index contributed by atoms with van der Waals surface area (Å²) < 4.78 is 11.1. The van der Waals surface area contributed by atoms with Crippen LogP contribution in [-0.4, -0.2) is 43.8 Å². The minimum atomic E-state index is -1.37. The van der Waals surface area contributed by atoms with Gasteiger partial charge in [-0.2, -0.15) is 0 Å². The number of nitrogens with one attached hydrogen (secondary N) is 1. The summed E-state index contributed by atoms with van der Waals surface area (Å²) in [7, 11) is 3.03. The molecule has 3 aliphatic rings. The Labute approximate surface area is 240 Å². The molecule has 0 saturated carbocycles. The lowest BCUT2D eigenvalue weighted by Gasteiger charge is -2.38. The van der Waals surface area contributed by atoms with E-state index in [9.17, 15) is 9.59 Å². The lowest BCUT2D eigenvalue weighted by atomic mass is 9.63. The number of carbonyl (C=O) groups is 3. The lowest BCUT2D eigenvalue weighted by molar-refractivity contribution is -0.128. The van der Waals surface area contributed by atoms with Crippen LogP contribution < -0.4 is 19.7 Å². The summed E-state index contributed by atoms with van der Waals surface area (Å²) in [6, 6.07) is 17.1. The zero-order valence-electron chi connectivity index (χ0n) is 24.1. The Balaban J connectivity index is 1.70. The number of amides is 1. The highest BCUT2D eigenvalue weighted by Crippen LogP contribution is 2.58. The molecule has 1 fully saturated rings. The van der Waals surface area contributed by atoms with Gasteiger partial charge in [-0.15, -0.1) is 0 Å². The van der Waals surface area contributed by atoms with Crippen LogP contribution in [0.1, 0.15) is 47.8 Å². The van der Waals surface area contributed by atoms with Crippen molar-refractivity contribution in [2.45, 2.75) is 45.2 Å². The molecule has 3 aromatic carbocycles. The SMILES string of the molecule is COc1ccc(OC)c(C(=O)[C@H]2[C@@H](C(=O)C(C)(C)C)N3c4ccc(C)cc4C=C[C@@H]3[C@@]23C(=O)Nc2ccccc23)c1. The molecule has 0 unspecified atom stereocenters. The number of hydrogen-bond donors (Lipinski definition) is 1. The number of ketones is 2. The molecule has 0 radical (unpaired) electrons. The predicted octanol–water partition coefficient (Wildman–Crippen LogP) is 5.60. The summed E-state index contributed by atoms with van der Waals surface area (Å²) >= 11 is 0. The van der Waals surface area contributed by atoms with Crippen molar-refractivity contribution in [1.82, 2.24) is 0 Å². The largest absolute Gasteiger partial charge is 0.497 e. The minimum Gasteiger partial charge on any atom is -0.497 e. The number of Topliss-reactive ketones (excluding diaryl/α,β-unsaturated/α-hetero) is 2. The third-order valence-corrected chi connectivity index (χ3v) is 8.75. The van der Waals surface area contributed by atoms with Crippen molar-refractivity contribution in [1.29, 1.82) is 0 Å². The zero-order valence-corrected chi connectivity index (χ0v) is 24.1. The van der Waals surface area contributed by atoms with Crippen molar-refractivity contribution < 1.29 is 23.9 Å². The van der Waals surface area contributed by atoms with Crippen molar-refractivity contribution in [2.24, 2.45) is 11.3 Å². The Morgan fingerprint density at radius 1 is 0.976 bits per heavy atom. The van der Waals surface area contributed by atoms with E-state index in [-0.39, 0.29) is 23.0 Å². The molecule has 1 spiro atoms. The number of methoxy groups -OCH3 is 2. The van der Waals surface area contributed by atoms with Crippen LogP contribution in [-0.2, 0) is 15.0 Å². The molecule has 1 saturated heterocycles. The van der Waals surface area contributed by atoms with Gasteiger partial charge >= 0.3 is 0 Å². The number of carbonyl (C=O) groups excluding carboxylic acids is 3. The summed E-state index contributed by atoms with van der Waals surface area (Å²) in [5.74, 6) is -0.963. The van der Waals surface area contributed by atoms with Gasteiger partial charge in [-0.3, -0.25) is 14.4 Å². The summed E-state index contributed by atoms with van der Waals surface area (Å²) in [6.07, 6.45) is 4.00. The van der Waals surface area contributed by atoms with E-state index >= 15 is 4.79 Å². The second-order valence-corrected chi connectivity index (χ2v) is 12.1. The van der Waals surface area contributed by atoms with Gasteiger partial charge in [-0.05, 0) is 54.4 Å². The van der Waals surface area contributed by atoms with E-state index < -0.39 is 28.8 Å². The third-order valence-electron chi connectivity index (χ3n) is 8.75. The second kappa shape index (κ2) is 9.33. The quantitative estimate of drug-likeness (QED) is 0.417. The summed E-state index contributed by atoms with van der Waals surface area (Å²) in [5, 5.41) is 3.06. The fourth-order valence-corrected chi connectivity index (χ4v) is 6.92. The molecule has 7 nitrogen and oxygen atoms in total. The van der Waals surface area contributed by atoms with Crippen LogP contribution in [0.3, 0.4) is 0 Å². The van der Waals surface area contributed by atoms with Gasteiger partial charge in [-0.1, -0.05) is 62.8 Å². The number of aryl methyl sites for hydroxylation is 1. The van der Waals surface area contributed by atoms with Crippen LogP contribution in [0, 0.1) is 18.3 Å². The highest BCUT2D eigenvalue weighted by molar-refractivity contribution is 6.17. The molecular weight excluding hydrogens is 516 g/mol. The fraction of sp³-hybridized carbons (Fsp3) is 0.324. The van der Waals surface area contributed by atoms with Crippen molar-refractivity contribution in [3.05, 3.63) is 89.0 Å². The van der Waals surface area contributed by atoms with Gasteiger partial charge in [0.15, 0.2) is 11.6 Å². The first kappa shape index (κ1) is 26.8. The first-order chi connectivity index (χ1) is 19.5. The van der Waals surface area contributed by atoms with Crippen molar-refractivity contribution in [3.8, 4) is 11.5 Å². The van der Waals surface area contributed by atoms with Gasteiger partial charge in [0.2, 0.25) is 5.91 Å². The molecule has 1 amide bonds. The van der Waals surface area contributed by atoms with Gasteiger partial charge in [0.1, 0.15) is 23.0 Å². The summed E-state index contributed by atoms with van der Waals surface area (Å²) in [4.78, 5) is 46.1. The Kier molecular flexibility index (Phi) is 6.10. The predicted molar refractivity (Wildman–Crippen MR) is 159 cm³/mol. The number of ether oxygens (including phenoxy) is 2. The van der Waals surface area contributed by atoms with E-state index in [0.29, 0.717) is 22.7 Å². The average Bonchev–Trinajstić information content (AvgIpc) is 3.43. The van der Waals surface area contributed by atoms with Gasteiger partial charge in [0.25, 0.3) is 0 Å². The van der Waals surface area contributed by atoms with Gasteiger partial charge in [0.05, 0.1) is 31.7 Å². The number of benzene rings is 3. The van der Waals surface area contributed by atoms with E-state index in [1.54, 1.807) is 18.2 Å². The van der Waals surface area contributed by atoms with E-state index in [4.69, 9.17) is 9.47 Å². The topological polar surface area (TPSA) is 84.9 Å². The molecule has 0 aromatic heterocycles. The first-order valence-corrected chi connectivity index (χ1v) is 13.8. The van der Waals surface area contributed by atoms with E-state index in [1.807, 2.05) is 81.1 Å². The number of hydrogen-bond acceptors (Lipinski definition) is 6. The fourth-order valence-electron chi connectivity index (χ4n) is 6.92. The Morgan fingerprint density at radius 3 is 2.44 bits per heavy atom. The van der Waals surface area contributed by atoms with Crippen molar-refractivity contribution in [3.63, 3.8) is 0 Å². The number of nitrogens with zero attached hydrogens (tertiary/aromatic N) is 1. The Bertz CT molecular complexity index is 1630. The maximum atomic E-state index is 15.0. The molecule has 0 aliphatic carbocycles. The zero-order chi connectivity index (χ0) is 29.3. The Morgan fingerprint density at radius 2 is 1.73 bits per heavy atom. The number of anilines is 2. The molecule has 0 bridgehead atoms. The number of para-hydroxylation sites is 1. The van der Waals surface area contributed by atoms with Crippen LogP contribution >= 0.6 is 0 Å². The molecule has 4 atom stereocenters. The smallest absolute Gasteiger partial charge is 0.238 e. The summed E-state index contributed by atoms with van der Waals surface area (Å²) in [6.45, 7) is 7.61. The van der Waals surface area contributed by atoms with Gasteiger partial charge in [0, 0.05) is 16.8 Å². The molecule has 6 rings (SSSR count). The standard InChI is InChI=1S/C34H34N2O5/c1-19-11-14-25-20(17-19)12-16-27-34(23-9-7-8-10-24(23)35-32(34)39)28(29(36(25)27)31(38)33(2,3)4)30(37)22-18-21(40-5)13-15-26(22)41-6/h7-18,27-29H,1-6H3,(H,35,39)/t27-,28-,29+,34-/m1/s1. The average molecular weight is 551 g/mol. The minimum absolute atomic E-state index is 0.112. The van der Waals surface area contributed by atoms with Gasteiger partial charge < -0.3 is 19.7 Å². The molecule has 7 heteroatoms. The molecule has 1 N–H and O–H groups in total. The highest BCUT2D eigenvalue weighted by atomic mass is 16.5. The van der Waals surface area contributed by atoms with E-state index in [0.717, 1.165) is 16.8 Å². The monoisotopic (exact) mass is 550 g/mol. The maximum absolute atomic E-state index is 15.0. The van der Waals surface area contributed by atoms with Crippen LogP contribution in [0.15, 0.2) is 66.7 Å². The number of rotatable bonds is 5. The van der Waals surface area contributed by atoms with Crippen LogP contribution in [0.2, 0.25) is 0 Å². The molecule has 41 heavy (non-hydrogen) atoms. The number of fused-ring (bicyclic) bond motifs is 6. The van der Waals surface area contributed by atoms with Crippen molar-refractivity contribution in [2.75, 3.05) is 24.4 Å². The third kappa shape index (κ3) is 3.75. The van der Waals surface area contributed by atoms with E-state index in [2.05, 4.69) is 11.4 Å². The second-order valence-electron chi connectivity index (χ2n) is 12.1. The van der Waals surface area contributed by atoms with Gasteiger partial charge in [-0.25, -0.2) is 0 Å². The maximum Gasteiger partial charge on any atom is 0.238 e. The molecule has 3 aliphatic heterocycles.